The first-order valence-electron chi connectivity index (χ1n) is 9.12. The quantitative estimate of drug-likeness (QED) is 0.352. The minimum absolute atomic E-state index is 0.0395. The molecule has 3 aromatic rings. The van der Waals surface area contributed by atoms with Gasteiger partial charge in [-0.15, -0.1) is 0 Å². The largest absolute Gasteiger partial charge is 0.454 e. The molecule has 2 atom stereocenters. The molecule has 1 aromatic heterocycles. The van der Waals surface area contributed by atoms with Crippen LogP contribution in [-0.2, 0) is 9.53 Å². The summed E-state index contributed by atoms with van der Waals surface area (Å²) in [6.45, 7) is -0.0455. The lowest BCUT2D eigenvalue weighted by atomic mass is 10.0. The topological polar surface area (TPSA) is 53.4 Å². The van der Waals surface area contributed by atoms with Gasteiger partial charge in [0.1, 0.15) is 11.6 Å². The molecule has 2 aromatic carbocycles. The van der Waals surface area contributed by atoms with Crippen LogP contribution >= 0.6 is 15.9 Å². The molecular weight excluding hydrogens is 465 g/mol. The van der Waals surface area contributed by atoms with Gasteiger partial charge >= 0.3 is 12.6 Å². The van der Waals surface area contributed by atoms with E-state index in [1.807, 2.05) is 10.4 Å². The highest BCUT2D eigenvalue weighted by Crippen LogP contribution is 2.45. The summed E-state index contributed by atoms with van der Waals surface area (Å²) in [5.41, 5.74) is 1.99. The van der Waals surface area contributed by atoms with Crippen molar-refractivity contribution in [2.75, 3.05) is 5.83 Å². The highest BCUT2D eigenvalue weighted by Gasteiger charge is 2.38. The Bertz CT molecular complexity index is 1070. The second kappa shape index (κ2) is 9.07. The number of carbonyl (C=O) groups is 1. The van der Waals surface area contributed by atoms with Crippen LogP contribution in [-0.4, -0.2) is 28.0 Å². The van der Waals surface area contributed by atoms with Gasteiger partial charge in [-0.3, -0.25) is 4.79 Å². The van der Waals surface area contributed by atoms with Crippen molar-refractivity contribution in [2.45, 2.75) is 39.0 Å². The summed E-state index contributed by atoms with van der Waals surface area (Å²) in [5, 5.41) is 0. The van der Waals surface area contributed by atoms with Gasteiger partial charge in [0.2, 0.25) is 0 Å². The first kappa shape index (κ1) is 22.1. The number of rotatable bonds is 4. The van der Waals surface area contributed by atoms with Crippen LogP contribution in [0.25, 0.3) is 11.0 Å². The van der Waals surface area contributed by atoms with Crippen molar-refractivity contribution >= 4 is 32.9 Å². The maximum atomic E-state index is 14.0. The van der Waals surface area contributed by atoms with Crippen LogP contribution < -0.4 is 4.74 Å². The molecule has 0 amide bonds. The number of hydrogen-bond acceptors (Lipinski definition) is 4. The number of ether oxygens (including phenoxy) is 2. The van der Waals surface area contributed by atoms with Crippen LogP contribution in [0.5, 0.6) is 5.75 Å². The Morgan fingerprint density at radius 3 is 2.63 bits per heavy atom. The predicted octanol–water partition coefficient (Wildman–Crippen LogP) is 5.69. The Hall–Kier alpha value is -2.55. The Balaban J connectivity index is 0.00000124. The molecule has 0 saturated carbocycles. The maximum Gasteiger partial charge on any atom is 0.387 e. The summed E-state index contributed by atoms with van der Waals surface area (Å²) in [4.78, 5) is 16.0. The average Bonchev–Trinajstić information content (AvgIpc) is 3.21. The normalized spacial score (nSPS) is 17.5. The van der Waals surface area contributed by atoms with Gasteiger partial charge < -0.3 is 14.0 Å². The molecule has 1 aliphatic rings. The van der Waals surface area contributed by atoms with Crippen molar-refractivity contribution < 1.29 is 27.4 Å². The minimum Gasteiger partial charge on any atom is -0.454 e. The van der Waals surface area contributed by atoms with Crippen LogP contribution in [0, 0.1) is 12.7 Å². The van der Waals surface area contributed by atoms with Gasteiger partial charge in [0, 0.05) is 25.0 Å². The molecule has 5 nitrogen and oxygen atoms in total. The van der Waals surface area contributed by atoms with Crippen LogP contribution in [0.15, 0.2) is 36.4 Å². The van der Waals surface area contributed by atoms with Crippen LogP contribution in [0.3, 0.4) is 0 Å². The number of aromatic nitrogens is 2. The van der Waals surface area contributed by atoms with E-state index in [4.69, 9.17) is 4.74 Å². The van der Waals surface area contributed by atoms with Gasteiger partial charge in [0.15, 0.2) is 11.9 Å². The Morgan fingerprint density at radius 1 is 1.27 bits per heavy atom. The van der Waals surface area contributed by atoms with Gasteiger partial charge in [-0.2, -0.15) is 8.78 Å². The number of carbonyl (C=O) groups excluding carboxylic acids is 1. The molecule has 0 radical (unpaired) electrons. The highest BCUT2D eigenvalue weighted by molar-refractivity contribution is 9.08. The van der Waals surface area contributed by atoms with E-state index in [9.17, 15) is 18.0 Å². The summed E-state index contributed by atoms with van der Waals surface area (Å²) < 4.78 is 51.6. The Kier molecular flexibility index (Phi) is 6.70. The smallest absolute Gasteiger partial charge is 0.387 e. The summed E-state index contributed by atoms with van der Waals surface area (Å²) in [6, 6.07) is 8.99. The zero-order valence-corrected chi connectivity index (χ0v) is 18.1. The van der Waals surface area contributed by atoms with E-state index in [-0.39, 0.29) is 5.75 Å². The average molecular weight is 485 g/mol. The number of nitrogens with zero attached hydrogens (tertiary/aromatic N) is 2. The van der Waals surface area contributed by atoms with E-state index in [2.05, 4.69) is 25.7 Å². The van der Waals surface area contributed by atoms with Crippen molar-refractivity contribution in [2.24, 2.45) is 0 Å². The molecule has 2 heterocycles. The number of alkyl halides is 3. The molecule has 0 saturated heterocycles. The number of para-hydroxylation sites is 1. The third kappa shape index (κ3) is 4.16. The van der Waals surface area contributed by atoms with E-state index in [0.29, 0.717) is 34.4 Å². The summed E-state index contributed by atoms with van der Waals surface area (Å²) in [5.74, 6) is 1.42. The minimum atomic E-state index is -2.97. The number of hydrogen-bond donors (Lipinski definition) is 0. The zero-order valence-electron chi connectivity index (χ0n) is 16.5. The summed E-state index contributed by atoms with van der Waals surface area (Å²) in [6.07, 6.45) is -0.351. The van der Waals surface area contributed by atoms with Gasteiger partial charge in [0.05, 0.1) is 17.1 Å². The number of fused-ring (bicyclic) bond motifs is 3. The molecule has 0 bridgehead atoms. The first-order valence-corrected chi connectivity index (χ1v) is 10.7. The number of aryl methyl sites for hydroxylation is 1. The lowest BCUT2D eigenvalue weighted by molar-refractivity contribution is -0.146. The third-order valence-corrected chi connectivity index (χ3v) is 4.84. The van der Waals surface area contributed by atoms with Crippen molar-refractivity contribution in [3.05, 3.63) is 59.2 Å². The second-order valence-corrected chi connectivity index (χ2v) is 6.70. The fraction of sp³-hybridized carbons (Fsp3) is 0.333. The predicted molar refractivity (Wildman–Crippen MR) is 110 cm³/mol. The Morgan fingerprint density at radius 2 is 1.97 bits per heavy atom. The molecule has 2 unspecified atom stereocenters. The standard InChI is InChI=1S/C20H17F3N2O3.CH3Br/c1-10-7-16-14(8-13(10)21)24-19-18(27-11(2)26)9-15(25(16)19)12-5-3-4-6-17(12)28-20(22)23;1-2/h3-8,15,18,20H,9H2,1-2H3;1H3. The molecule has 160 valence electrons. The fourth-order valence-electron chi connectivity index (χ4n) is 3.73. The summed E-state index contributed by atoms with van der Waals surface area (Å²) in [7, 11) is 0. The molecule has 4 rings (SSSR count). The maximum absolute atomic E-state index is 14.0. The molecule has 0 fully saturated rings. The fourth-order valence-corrected chi connectivity index (χ4v) is 3.73. The summed E-state index contributed by atoms with van der Waals surface area (Å²) >= 11 is 2.94. The van der Waals surface area contributed by atoms with Gasteiger partial charge in [-0.25, -0.2) is 9.37 Å². The molecular formula is C21H20BrF3N2O3. The number of halogens is 4. The van der Waals surface area contributed by atoms with E-state index >= 15 is 0 Å². The first-order chi connectivity index (χ1) is 14.3. The van der Waals surface area contributed by atoms with Gasteiger partial charge in [-0.05, 0) is 30.5 Å². The van der Waals surface area contributed by atoms with Crippen molar-refractivity contribution in [3.63, 3.8) is 0 Å². The highest BCUT2D eigenvalue weighted by atomic mass is 79.9. The van der Waals surface area contributed by atoms with Crippen molar-refractivity contribution in [1.82, 2.24) is 9.55 Å². The van der Waals surface area contributed by atoms with Gasteiger partial charge in [-0.1, -0.05) is 34.1 Å². The van der Waals surface area contributed by atoms with Crippen LogP contribution in [0.1, 0.15) is 42.4 Å². The van der Waals surface area contributed by atoms with Crippen LogP contribution in [0.4, 0.5) is 13.2 Å². The van der Waals surface area contributed by atoms with Crippen molar-refractivity contribution in [1.29, 1.82) is 0 Å². The number of imidazole rings is 1. The molecule has 0 aliphatic carbocycles. The number of benzene rings is 2. The molecule has 30 heavy (non-hydrogen) atoms. The monoisotopic (exact) mass is 484 g/mol. The lowest BCUT2D eigenvalue weighted by Crippen LogP contribution is -2.11. The molecule has 1 aliphatic heterocycles. The zero-order chi connectivity index (χ0) is 22.0. The van der Waals surface area contributed by atoms with Crippen LogP contribution in [0.2, 0.25) is 0 Å². The van der Waals surface area contributed by atoms with E-state index in [1.165, 1.54) is 19.1 Å². The third-order valence-electron chi connectivity index (χ3n) is 4.84. The molecule has 9 heteroatoms. The molecule has 0 spiro atoms. The van der Waals surface area contributed by atoms with E-state index in [1.54, 1.807) is 31.2 Å². The lowest BCUT2D eigenvalue weighted by Gasteiger charge is -2.19. The van der Waals surface area contributed by atoms with E-state index < -0.39 is 30.5 Å². The van der Waals surface area contributed by atoms with Gasteiger partial charge in [0.25, 0.3) is 0 Å². The van der Waals surface area contributed by atoms with E-state index in [0.717, 1.165) is 0 Å². The number of esters is 1. The second-order valence-electron chi connectivity index (χ2n) is 6.70. The van der Waals surface area contributed by atoms with Crippen molar-refractivity contribution in [3.8, 4) is 5.75 Å². The SMILES string of the molecule is CBr.CC(=O)OC1CC(c2ccccc2OC(F)F)n2c1nc1cc(F)c(C)cc12. The molecule has 0 N–H and O–H groups in total. The Labute approximate surface area is 179 Å².